The van der Waals surface area contributed by atoms with Gasteiger partial charge in [-0.1, -0.05) is 17.7 Å². The number of hydrogen-bond acceptors (Lipinski definition) is 13. The number of hydrogen-bond donors (Lipinski definition) is 8. The van der Waals surface area contributed by atoms with E-state index >= 15 is 0 Å². The fourth-order valence-corrected chi connectivity index (χ4v) is 6.05. The second-order valence-corrected chi connectivity index (χ2v) is 12.3. The molecular formula is C33H41ClN2O12. The highest BCUT2D eigenvalue weighted by molar-refractivity contribution is 6.32. The zero-order chi connectivity index (χ0) is 34.7. The van der Waals surface area contributed by atoms with Crippen LogP contribution >= 0.6 is 11.6 Å². The van der Waals surface area contributed by atoms with Crippen LogP contribution in [0.2, 0.25) is 5.02 Å². The molecule has 0 spiro atoms. The minimum Gasteiger partial charge on any atom is -0.504 e. The smallest absolute Gasteiger partial charge is 0.247 e. The zero-order valence-corrected chi connectivity index (χ0v) is 27.3. The van der Waals surface area contributed by atoms with Gasteiger partial charge in [0.25, 0.3) is 0 Å². The Morgan fingerprint density at radius 3 is 2.35 bits per heavy atom. The number of aliphatic hydroxyl groups is 5. The zero-order valence-electron chi connectivity index (χ0n) is 26.5. The van der Waals surface area contributed by atoms with Gasteiger partial charge < -0.3 is 65.0 Å². The van der Waals surface area contributed by atoms with Gasteiger partial charge in [0.15, 0.2) is 11.5 Å². The van der Waals surface area contributed by atoms with E-state index in [1.54, 1.807) is 31.2 Å². The number of phenols is 1. The molecule has 1 aliphatic carbocycles. The van der Waals surface area contributed by atoms with Gasteiger partial charge in [-0.3, -0.25) is 4.79 Å². The van der Waals surface area contributed by atoms with Crippen LogP contribution in [0.5, 0.6) is 17.2 Å². The highest BCUT2D eigenvalue weighted by atomic mass is 35.5. The number of aromatic hydroxyl groups is 1. The molecule has 2 saturated heterocycles. The van der Waals surface area contributed by atoms with Crippen molar-refractivity contribution in [2.45, 2.75) is 81.9 Å². The molecule has 48 heavy (non-hydrogen) atoms. The van der Waals surface area contributed by atoms with Crippen molar-refractivity contribution in [2.24, 2.45) is 0 Å². The van der Waals surface area contributed by atoms with Crippen LogP contribution in [-0.2, 0) is 19.0 Å². The van der Waals surface area contributed by atoms with Crippen molar-refractivity contribution in [2.75, 3.05) is 25.3 Å². The summed E-state index contributed by atoms with van der Waals surface area (Å²) in [5.74, 6) is -0.517. The topological polar surface area (TPSA) is 209 Å². The van der Waals surface area contributed by atoms with Crippen molar-refractivity contribution in [3.05, 3.63) is 64.2 Å². The molecular weight excluding hydrogens is 652 g/mol. The van der Waals surface area contributed by atoms with Crippen molar-refractivity contribution >= 4 is 29.3 Å². The fourth-order valence-electron chi connectivity index (χ4n) is 5.82. The number of amides is 1. The molecule has 3 aliphatic rings. The first-order chi connectivity index (χ1) is 22.9. The summed E-state index contributed by atoms with van der Waals surface area (Å²) >= 11 is 6.30. The molecule has 2 aliphatic heterocycles. The quantitative estimate of drug-likeness (QED) is 0.123. The third-order valence-corrected chi connectivity index (χ3v) is 8.79. The van der Waals surface area contributed by atoms with Crippen LogP contribution in [0.25, 0.3) is 6.08 Å². The van der Waals surface area contributed by atoms with E-state index in [-0.39, 0.29) is 30.5 Å². The van der Waals surface area contributed by atoms with Crippen LogP contribution in [0.15, 0.2) is 53.6 Å². The predicted molar refractivity (Wildman–Crippen MR) is 172 cm³/mol. The molecule has 14 nitrogen and oxygen atoms in total. The maximum absolute atomic E-state index is 12.9. The first-order valence-electron chi connectivity index (χ1n) is 15.5. The summed E-state index contributed by atoms with van der Waals surface area (Å²) in [6.07, 6.45) is -7.83. The molecule has 0 radical (unpaired) electrons. The maximum Gasteiger partial charge on any atom is 0.247 e. The number of carbonyl (C=O) groups excluding carboxylic acids is 1. The summed E-state index contributed by atoms with van der Waals surface area (Å²) < 4.78 is 27.8. The number of benzene rings is 2. The van der Waals surface area contributed by atoms with Crippen LogP contribution in [0, 0.1) is 0 Å². The second kappa shape index (κ2) is 15.4. The van der Waals surface area contributed by atoms with Crippen molar-refractivity contribution in [3.8, 4) is 17.2 Å². The molecule has 1 amide bonds. The Hall–Kier alpha value is -3.44. The molecule has 5 rings (SSSR count). The molecule has 1 saturated carbocycles. The van der Waals surface area contributed by atoms with Crippen LogP contribution < -0.4 is 20.1 Å². The van der Waals surface area contributed by atoms with Crippen molar-refractivity contribution in [1.29, 1.82) is 0 Å². The van der Waals surface area contributed by atoms with E-state index in [9.17, 15) is 35.4 Å². The number of rotatable bonds is 11. The monoisotopic (exact) mass is 692 g/mol. The molecule has 15 heteroatoms. The Balaban J connectivity index is 1.17. The third kappa shape index (κ3) is 7.72. The lowest BCUT2D eigenvalue weighted by atomic mass is 9.83. The Bertz CT molecular complexity index is 1520. The molecule has 2 aromatic rings. The molecule has 10 atom stereocenters. The van der Waals surface area contributed by atoms with Crippen LogP contribution in [-0.4, -0.2) is 118 Å². The van der Waals surface area contributed by atoms with E-state index in [0.717, 1.165) is 12.2 Å². The normalized spacial score (nSPS) is 32.1. The van der Waals surface area contributed by atoms with Gasteiger partial charge in [-0.2, -0.15) is 0 Å². The molecule has 2 heterocycles. The Morgan fingerprint density at radius 1 is 0.958 bits per heavy atom. The Morgan fingerprint density at radius 2 is 1.67 bits per heavy atom. The van der Waals surface area contributed by atoms with Crippen molar-refractivity contribution in [3.63, 3.8) is 0 Å². The largest absolute Gasteiger partial charge is 0.504 e. The van der Waals surface area contributed by atoms with E-state index in [2.05, 4.69) is 10.6 Å². The number of halogens is 1. The fraction of sp³-hybridized carbons (Fsp3) is 0.485. The van der Waals surface area contributed by atoms with E-state index in [4.69, 9.17) is 35.3 Å². The second-order valence-electron chi connectivity index (χ2n) is 11.9. The standard InChI is InChI=1S/C33H41ClN2O12/c1-4-35-18-6-8-21(19(34)13-18)44-10-9-15(2)29-27(41)28(42)33(48-29)47-22-7-5-17(12-20(22)37)11-16(3)32(43)36-23-24(38)26(40)31-30(25(23)39)45-14-46-31/h5-9,11-13,23-31,33,35,37-42H,4,10,14H2,1-3H3,(H,36,43)/t23-,24+,25-,26-,27+,28+,29-,30+,31-,33-/m1/s1. The van der Waals surface area contributed by atoms with E-state index in [0.29, 0.717) is 21.9 Å². The predicted octanol–water partition coefficient (Wildman–Crippen LogP) is 1.05. The molecule has 0 unspecified atom stereocenters. The molecule has 8 N–H and O–H groups in total. The highest BCUT2D eigenvalue weighted by Crippen LogP contribution is 2.34. The maximum atomic E-state index is 12.9. The summed E-state index contributed by atoms with van der Waals surface area (Å²) in [4.78, 5) is 12.9. The van der Waals surface area contributed by atoms with Gasteiger partial charge in [0, 0.05) is 17.8 Å². The van der Waals surface area contributed by atoms with Gasteiger partial charge >= 0.3 is 0 Å². The van der Waals surface area contributed by atoms with Gasteiger partial charge in [-0.15, -0.1) is 0 Å². The minimum atomic E-state index is -1.50. The van der Waals surface area contributed by atoms with Crippen molar-refractivity contribution in [1.82, 2.24) is 5.32 Å². The molecule has 2 aromatic carbocycles. The van der Waals surface area contributed by atoms with Crippen molar-refractivity contribution < 1.29 is 59.1 Å². The first-order valence-corrected chi connectivity index (χ1v) is 15.9. The number of aliphatic hydroxyl groups excluding tert-OH is 5. The summed E-state index contributed by atoms with van der Waals surface area (Å²) in [5, 5.41) is 69.5. The summed E-state index contributed by atoms with van der Waals surface area (Å²) in [6.45, 7) is 5.91. The number of anilines is 1. The van der Waals surface area contributed by atoms with Gasteiger partial charge in [0.2, 0.25) is 12.2 Å². The van der Waals surface area contributed by atoms with E-state index in [1.807, 2.05) is 13.0 Å². The SMILES string of the molecule is CCNc1ccc(OCC=C(C)[C@H]2O[C@@H](Oc3ccc(C=C(C)C(=O)N[C@@H]4[C@H](O)[C@@H](O)[C@H]5OCO[C@H]5[C@@H]4O)cc3O)[C@@H](O)[C@@H]2O)c(Cl)c1. The number of ether oxygens (including phenoxy) is 5. The van der Waals surface area contributed by atoms with E-state index < -0.39 is 67.1 Å². The van der Waals surface area contributed by atoms with E-state index in [1.165, 1.54) is 25.1 Å². The molecule has 3 fully saturated rings. The van der Waals surface area contributed by atoms with Crippen LogP contribution in [0.3, 0.4) is 0 Å². The van der Waals surface area contributed by atoms with Gasteiger partial charge in [-0.05, 0) is 74.4 Å². The Labute approximate surface area is 282 Å². The summed E-state index contributed by atoms with van der Waals surface area (Å²) in [5.41, 5.74) is 2.03. The Kier molecular flexibility index (Phi) is 11.5. The van der Waals surface area contributed by atoms with Gasteiger partial charge in [-0.25, -0.2) is 0 Å². The molecule has 0 bridgehead atoms. The lowest BCUT2D eigenvalue weighted by Crippen LogP contribution is -2.67. The van der Waals surface area contributed by atoms with Crippen LogP contribution in [0.4, 0.5) is 5.69 Å². The lowest BCUT2D eigenvalue weighted by molar-refractivity contribution is -0.155. The number of carbonyl (C=O) groups is 1. The van der Waals surface area contributed by atoms with Gasteiger partial charge in [0.05, 0.1) is 11.1 Å². The minimum absolute atomic E-state index is 0.0393. The van der Waals surface area contributed by atoms with Crippen LogP contribution in [0.1, 0.15) is 26.3 Å². The molecule has 0 aromatic heterocycles. The average Bonchev–Trinajstić information content (AvgIpc) is 3.66. The number of phenolic OH excluding ortho intramolecular Hbond substituents is 1. The summed E-state index contributed by atoms with van der Waals surface area (Å²) in [7, 11) is 0. The third-order valence-electron chi connectivity index (χ3n) is 8.49. The summed E-state index contributed by atoms with van der Waals surface area (Å²) in [6, 6.07) is 8.41. The number of nitrogens with one attached hydrogen (secondary N) is 2. The molecule has 262 valence electrons. The first kappa shape index (κ1) is 35.9. The average molecular weight is 693 g/mol. The number of fused-ring (bicyclic) bond motifs is 1. The van der Waals surface area contributed by atoms with Gasteiger partial charge in [0.1, 0.15) is 68.0 Å². The lowest BCUT2D eigenvalue weighted by Gasteiger charge is -2.41. The highest BCUT2D eigenvalue weighted by Gasteiger charge is 2.53.